The average molecular weight is 265 g/mol. The van der Waals surface area contributed by atoms with E-state index in [1.54, 1.807) is 6.07 Å². The Balaban J connectivity index is 2.71. The number of hydrogen-bond acceptors (Lipinski definition) is 4. The molecule has 0 bridgehead atoms. The quantitative estimate of drug-likeness (QED) is 0.580. The third-order valence-electron chi connectivity index (χ3n) is 2.85. The maximum atomic E-state index is 12.0. The molecule has 0 heterocycles. The molecule has 104 valence electrons. The average Bonchev–Trinajstić information content (AvgIpc) is 2.43. The minimum absolute atomic E-state index is 0.0910. The fourth-order valence-corrected chi connectivity index (χ4v) is 1.73. The molecule has 1 rings (SSSR count). The lowest BCUT2D eigenvalue weighted by Gasteiger charge is -2.16. The van der Waals surface area contributed by atoms with Crippen LogP contribution in [0.1, 0.15) is 36.5 Å². The first-order chi connectivity index (χ1) is 9.08. The Kier molecular flexibility index (Phi) is 5.95. The first-order valence-electron chi connectivity index (χ1n) is 6.33. The molecule has 6 heteroatoms. The molecule has 0 aliphatic carbocycles. The lowest BCUT2D eigenvalue weighted by atomic mass is 10.1. The zero-order chi connectivity index (χ0) is 14.3. The van der Waals surface area contributed by atoms with Crippen molar-refractivity contribution in [2.45, 2.75) is 32.2 Å². The van der Waals surface area contributed by atoms with Crippen LogP contribution in [0.4, 0.5) is 5.69 Å². The van der Waals surface area contributed by atoms with E-state index in [2.05, 4.69) is 12.2 Å². The molecule has 1 atom stereocenters. The van der Waals surface area contributed by atoms with Crippen LogP contribution < -0.4 is 11.1 Å². The van der Waals surface area contributed by atoms with Gasteiger partial charge in [0.1, 0.15) is 0 Å². The number of rotatable bonds is 7. The van der Waals surface area contributed by atoms with Crippen molar-refractivity contribution in [2.75, 3.05) is 6.54 Å². The SMILES string of the molecule is CCCCC(CN)NC(=O)c1cccc([N+](=O)[O-])c1. The summed E-state index contributed by atoms with van der Waals surface area (Å²) in [6, 6.07) is 5.58. The molecule has 0 aromatic heterocycles. The van der Waals surface area contributed by atoms with Gasteiger partial charge in [0.05, 0.1) is 4.92 Å². The van der Waals surface area contributed by atoms with Crippen LogP contribution in [0.2, 0.25) is 0 Å². The van der Waals surface area contributed by atoms with Crippen molar-refractivity contribution in [3.05, 3.63) is 39.9 Å². The van der Waals surface area contributed by atoms with Gasteiger partial charge in [0.25, 0.3) is 11.6 Å². The minimum Gasteiger partial charge on any atom is -0.348 e. The second-order valence-electron chi connectivity index (χ2n) is 4.36. The van der Waals surface area contributed by atoms with Crippen LogP contribution in [0.3, 0.4) is 0 Å². The second-order valence-corrected chi connectivity index (χ2v) is 4.36. The highest BCUT2D eigenvalue weighted by Crippen LogP contribution is 2.13. The van der Waals surface area contributed by atoms with Crippen LogP contribution in [0.5, 0.6) is 0 Å². The molecule has 0 spiro atoms. The van der Waals surface area contributed by atoms with Crippen molar-refractivity contribution >= 4 is 11.6 Å². The van der Waals surface area contributed by atoms with Crippen LogP contribution >= 0.6 is 0 Å². The van der Waals surface area contributed by atoms with Crippen molar-refractivity contribution in [1.82, 2.24) is 5.32 Å². The number of nitrogens with zero attached hydrogens (tertiary/aromatic N) is 1. The Morgan fingerprint density at radius 3 is 2.84 bits per heavy atom. The Bertz CT molecular complexity index is 449. The molecule has 1 aromatic carbocycles. The zero-order valence-corrected chi connectivity index (χ0v) is 11.0. The van der Waals surface area contributed by atoms with Crippen LogP contribution in [-0.2, 0) is 0 Å². The van der Waals surface area contributed by atoms with Gasteiger partial charge < -0.3 is 11.1 Å². The molecule has 0 saturated heterocycles. The van der Waals surface area contributed by atoms with Crippen molar-refractivity contribution in [2.24, 2.45) is 5.73 Å². The number of hydrogen-bond donors (Lipinski definition) is 2. The molecular formula is C13H19N3O3. The van der Waals surface area contributed by atoms with Gasteiger partial charge in [-0.05, 0) is 12.5 Å². The van der Waals surface area contributed by atoms with Crippen molar-refractivity contribution in [3.8, 4) is 0 Å². The first-order valence-corrected chi connectivity index (χ1v) is 6.33. The van der Waals surface area contributed by atoms with Gasteiger partial charge in [0.15, 0.2) is 0 Å². The first kappa shape index (κ1) is 15.1. The molecule has 3 N–H and O–H groups in total. The van der Waals surface area contributed by atoms with E-state index < -0.39 is 4.92 Å². The molecule has 1 unspecified atom stereocenters. The number of carbonyl (C=O) groups excluding carboxylic acids is 1. The zero-order valence-electron chi connectivity index (χ0n) is 11.0. The summed E-state index contributed by atoms with van der Waals surface area (Å²) in [5, 5.41) is 13.4. The number of non-ortho nitro benzene ring substituents is 1. The predicted octanol–water partition coefficient (Wildman–Crippen LogP) is 1.84. The smallest absolute Gasteiger partial charge is 0.270 e. The Hall–Kier alpha value is -1.95. The molecule has 0 aliphatic heterocycles. The lowest BCUT2D eigenvalue weighted by molar-refractivity contribution is -0.384. The van der Waals surface area contributed by atoms with Crippen LogP contribution in [0.15, 0.2) is 24.3 Å². The summed E-state index contributed by atoms with van der Waals surface area (Å²) in [4.78, 5) is 22.1. The van der Waals surface area contributed by atoms with Crippen molar-refractivity contribution in [1.29, 1.82) is 0 Å². The number of benzene rings is 1. The summed E-state index contributed by atoms with van der Waals surface area (Å²) in [6.45, 7) is 2.43. The number of nitro benzene ring substituents is 1. The summed E-state index contributed by atoms with van der Waals surface area (Å²) >= 11 is 0. The standard InChI is InChI=1S/C13H19N3O3/c1-2-3-6-11(9-14)15-13(17)10-5-4-7-12(8-10)16(18)19/h4-5,7-8,11H,2-3,6,9,14H2,1H3,(H,15,17). The number of nitro groups is 1. The summed E-state index contributed by atoms with van der Waals surface area (Å²) in [5.74, 6) is -0.324. The number of carbonyl (C=O) groups is 1. The normalized spacial score (nSPS) is 11.9. The van der Waals surface area contributed by atoms with E-state index in [4.69, 9.17) is 5.73 Å². The monoisotopic (exact) mass is 265 g/mol. The maximum Gasteiger partial charge on any atom is 0.270 e. The number of nitrogens with two attached hydrogens (primary N) is 1. The summed E-state index contributed by atoms with van der Waals surface area (Å²) in [5.41, 5.74) is 5.78. The van der Waals surface area contributed by atoms with Gasteiger partial charge in [-0.1, -0.05) is 25.8 Å². The molecule has 0 fully saturated rings. The van der Waals surface area contributed by atoms with E-state index in [1.807, 2.05) is 0 Å². The third kappa shape index (κ3) is 4.67. The van der Waals surface area contributed by atoms with E-state index in [-0.39, 0.29) is 23.2 Å². The Morgan fingerprint density at radius 1 is 1.53 bits per heavy atom. The highest BCUT2D eigenvalue weighted by Gasteiger charge is 2.14. The van der Waals surface area contributed by atoms with Crippen molar-refractivity contribution in [3.63, 3.8) is 0 Å². The largest absolute Gasteiger partial charge is 0.348 e. The van der Waals surface area contributed by atoms with E-state index in [1.165, 1.54) is 18.2 Å². The fraction of sp³-hybridized carbons (Fsp3) is 0.462. The van der Waals surface area contributed by atoms with Gasteiger partial charge in [-0.25, -0.2) is 0 Å². The summed E-state index contributed by atoms with van der Waals surface area (Å²) in [7, 11) is 0. The molecular weight excluding hydrogens is 246 g/mol. The molecule has 0 saturated carbocycles. The second kappa shape index (κ2) is 7.48. The van der Waals surface area contributed by atoms with Gasteiger partial charge >= 0.3 is 0 Å². The van der Waals surface area contributed by atoms with Gasteiger partial charge in [-0.15, -0.1) is 0 Å². The topological polar surface area (TPSA) is 98.3 Å². The minimum atomic E-state index is -0.520. The number of amides is 1. The van der Waals surface area contributed by atoms with Gasteiger partial charge in [0.2, 0.25) is 0 Å². The van der Waals surface area contributed by atoms with E-state index in [0.717, 1.165) is 19.3 Å². The summed E-state index contributed by atoms with van der Waals surface area (Å²) < 4.78 is 0. The molecule has 0 aliphatic rings. The van der Waals surface area contributed by atoms with Crippen LogP contribution in [0, 0.1) is 10.1 Å². The predicted molar refractivity (Wildman–Crippen MR) is 72.9 cm³/mol. The summed E-state index contributed by atoms with van der Waals surface area (Å²) in [6.07, 6.45) is 2.83. The lowest BCUT2D eigenvalue weighted by Crippen LogP contribution is -2.40. The third-order valence-corrected chi connectivity index (χ3v) is 2.85. The van der Waals surface area contributed by atoms with Crippen LogP contribution in [-0.4, -0.2) is 23.4 Å². The molecule has 19 heavy (non-hydrogen) atoms. The molecule has 1 amide bonds. The number of unbranched alkanes of at least 4 members (excludes halogenated alkanes) is 1. The molecule has 6 nitrogen and oxygen atoms in total. The van der Waals surface area contributed by atoms with E-state index in [9.17, 15) is 14.9 Å². The highest BCUT2D eigenvalue weighted by molar-refractivity contribution is 5.95. The van der Waals surface area contributed by atoms with Gasteiger partial charge in [-0.2, -0.15) is 0 Å². The van der Waals surface area contributed by atoms with E-state index >= 15 is 0 Å². The molecule has 1 aromatic rings. The maximum absolute atomic E-state index is 12.0. The highest BCUT2D eigenvalue weighted by atomic mass is 16.6. The van der Waals surface area contributed by atoms with E-state index in [0.29, 0.717) is 6.54 Å². The molecule has 0 radical (unpaired) electrons. The van der Waals surface area contributed by atoms with Crippen LogP contribution in [0.25, 0.3) is 0 Å². The van der Waals surface area contributed by atoms with Crippen molar-refractivity contribution < 1.29 is 9.72 Å². The Labute approximate surface area is 112 Å². The van der Waals surface area contributed by atoms with Gasteiger partial charge in [0, 0.05) is 30.3 Å². The fourth-order valence-electron chi connectivity index (χ4n) is 1.73. The Morgan fingerprint density at radius 2 is 2.26 bits per heavy atom. The van der Waals surface area contributed by atoms with Gasteiger partial charge in [-0.3, -0.25) is 14.9 Å². The number of nitrogens with one attached hydrogen (secondary N) is 1.